The van der Waals surface area contributed by atoms with Crippen LogP contribution in [0.1, 0.15) is 0 Å². The van der Waals surface area contributed by atoms with Gasteiger partial charge in [0.1, 0.15) is 5.65 Å². The number of nitrogens with zero attached hydrogens (tertiary/aromatic N) is 2. The van der Waals surface area contributed by atoms with Crippen LogP contribution in [0.5, 0.6) is 0 Å². The molecular formula is C13H9Cl2N3. The van der Waals surface area contributed by atoms with Crippen LogP contribution in [0.4, 0.5) is 5.69 Å². The number of fused-ring (bicyclic) bond motifs is 1. The SMILES string of the molecule is Nc1cn2cc(-c3ccc(Cl)cc3)nc2cc1Cl. The van der Waals surface area contributed by atoms with Crippen molar-refractivity contribution in [1.29, 1.82) is 0 Å². The van der Waals surface area contributed by atoms with Gasteiger partial charge in [0.05, 0.1) is 16.4 Å². The molecule has 1 aromatic carbocycles. The van der Waals surface area contributed by atoms with Crippen LogP contribution in [-0.2, 0) is 0 Å². The molecule has 0 aliphatic heterocycles. The summed E-state index contributed by atoms with van der Waals surface area (Å²) in [7, 11) is 0. The number of benzene rings is 1. The van der Waals surface area contributed by atoms with Crippen LogP contribution in [0.15, 0.2) is 42.7 Å². The van der Waals surface area contributed by atoms with Gasteiger partial charge in [-0.25, -0.2) is 4.98 Å². The monoisotopic (exact) mass is 277 g/mol. The molecule has 0 spiro atoms. The van der Waals surface area contributed by atoms with Crippen LogP contribution in [0.25, 0.3) is 16.9 Å². The zero-order valence-corrected chi connectivity index (χ0v) is 10.8. The van der Waals surface area contributed by atoms with Gasteiger partial charge >= 0.3 is 0 Å². The summed E-state index contributed by atoms with van der Waals surface area (Å²) in [6.45, 7) is 0. The van der Waals surface area contributed by atoms with E-state index >= 15 is 0 Å². The van der Waals surface area contributed by atoms with Gasteiger partial charge in [-0.2, -0.15) is 0 Å². The molecule has 18 heavy (non-hydrogen) atoms. The van der Waals surface area contributed by atoms with Gasteiger partial charge in [0, 0.05) is 29.0 Å². The van der Waals surface area contributed by atoms with Crippen molar-refractivity contribution in [3.63, 3.8) is 0 Å². The lowest BCUT2D eigenvalue weighted by molar-refractivity contribution is 1.19. The average molecular weight is 278 g/mol. The van der Waals surface area contributed by atoms with E-state index in [4.69, 9.17) is 28.9 Å². The molecule has 0 radical (unpaired) electrons. The van der Waals surface area contributed by atoms with Gasteiger partial charge in [0.15, 0.2) is 0 Å². The summed E-state index contributed by atoms with van der Waals surface area (Å²) in [4.78, 5) is 4.49. The van der Waals surface area contributed by atoms with E-state index in [2.05, 4.69) is 4.98 Å². The van der Waals surface area contributed by atoms with Crippen LogP contribution in [0.2, 0.25) is 10.0 Å². The highest BCUT2D eigenvalue weighted by Crippen LogP contribution is 2.25. The van der Waals surface area contributed by atoms with Gasteiger partial charge in [-0.05, 0) is 12.1 Å². The largest absolute Gasteiger partial charge is 0.396 e. The van der Waals surface area contributed by atoms with Gasteiger partial charge in [-0.1, -0.05) is 35.3 Å². The molecule has 3 rings (SSSR count). The number of rotatable bonds is 1. The summed E-state index contributed by atoms with van der Waals surface area (Å²) >= 11 is 11.8. The Bertz CT molecular complexity index is 678. The maximum atomic E-state index is 5.97. The smallest absolute Gasteiger partial charge is 0.139 e. The van der Waals surface area contributed by atoms with E-state index < -0.39 is 0 Å². The molecule has 2 N–H and O–H groups in total. The molecule has 0 amide bonds. The Morgan fingerprint density at radius 2 is 1.78 bits per heavy atom. The molecule has 0 saturated heterocycles. The Kier molecular flexibility index (Phi) is 2.65. The van der Waals surface area contributed by atoms with Crippen molar-refractivity contribution in [2.45, 2.75) is 0 Å². The summed E-state index contributed by atoms with van der Waals surface area (Å²) < 4.78 is 1.85. The summed E-state index contributed by atoms with van der Waals surface area (Å²) in [5.74, 6) is 0. The molecule has 90 valence electrons. The Morgan fingerprint density at radius 1 is 1.06 bits per heavy atom. The molecule has 0 unspecified atom stereocenters. The molecule has 2 heterocycles. The normalized spacial score (nSPS) is 11.0. The first-order chi connectivity index (χ1) is 8.63. The van der Waals surface area contributed by atoms with Crippen LogP contribution in [-0.4, -0.2) is 9.38 Å². The van der Waals surface area contributed by atoms with E-state index in [1.54, 1.807) is 12.3 Å². The lowest BCUT2D eigenvalue weighted by atomic mass is 10.2. The van der Waals surface area contributed by atoms with E-state index in [0.717, 1.165) is 16.9 Å². The second-order valence-electron chi connectivity index (χ2n) is 3.98. The number of imidazole rings is 1. The van der Waals surface area contributed by atoms with Crippen molar-refractivity contribution in [2.75, 3.05) is 5.73 Å². The van der Waals surface area contributed by atoms with Crippen molar-refractivity contribution >= 4 is 34.5 Å². The summed E-state index contributed by atoms with van der Waals surface area (Å²) in [5.41, 5.74) is 8.90. The minimum Gasteiger partial charge on any atom is -0.396 e. The maximum Gasteiger partial charge on any atom is 0.139 e. The van der Waals surface area contributed by atoms with E-state index in [9.17, 15) is 0 Å². The second kappa shape index (κ2) is 4.19. The fraction of sp³-hybridized carbons (Fsp3) is 0. The Morgan fingerprint density at radius 3 is 2.50 bits per heavy atom. The first-order valence-electron chi connectivity index (χ1n) is 5.33. The van der Waals surface area contributed by atoms with Gasteiger partial charge in [-0.15, -0.1) is 0 Å². The third-order valence-corrected chi connectivity index (χ3v) is 3.29. The number of pyridine rings is 1. The van der Waals surface area contributed by atoms with Crippen molar-refractivity contribution in [3.05, 3.63) is 52.8 Å². The molecule has 0 bridgehead atoms. The number of halogens is 2. The predicted molar refractivity (Wildman–Crippen MR) is 75.1 cm³/mol. The molecule has 5 heteroatoms. The highest BCUT2D eigenvalue weighted by molar-refractivity contribution is 6.33. The molecule has 3 aromatic rings. The number of anilines is 1. The quantitative estimate of drug-likeness (QED) is 0.733. The van der Waals surface area contributed by atoms with Crippen LogP contribution in [0, 0.1) is 0 Å². The summed E-state index contributed by atoms with van der Waals surface area (Å²) in [6.07, 6.45) is 3.66. The lowest BCUT2D eigenvalue weighted by Crippen LogP contribution is -1.90. The van der Waals surface area contributed by atoms with Gasteiger partial charge < -0.3 is 10.1 Å². The summed E-state index contributed by atoms with van der Waals surface area (Å²) in [5, 5.41) is 1.21. The molecular weight excluding hydrogens is 269 g/mol. The Balaban J connectivity index is 2.16. The predicted octanol–water partition coefficient (Wildman–Crippen LogP) is 3.89. The number of nitrogen functional groups attached to an aromatic ring is 1. The van der Waals surface area contributed by atoms with Gasteiger partial charge in [-0.3, -0.25) is 0 Å². The fourth-order valence-electron chi connectivity index (χ4n) is 1.79. The third-order valence-electron chi connectivity index (χ3n) is 2.71. The highest BCUT2D eigenvalue weighted by Gasteiger charge is 2.06. The summed E-state index contributed by atoms with van der Waals surface area (Å²) in [6, 6.07) is 9.27. The van der Waals surface area contributed by atoms with Crippen molar-refractivity contribution < 1.29 is 0 Å². The van der Waals surface area contributed by atoms with Gasteiger partial charge in [0.25, 0.3) is 0 Å². The number of aromatic nitrogens is 2. The Hall–Kier alpha value is -1.71. The zero-order valence-electron chi connectivity index (χ0n) is 9.27. The molecule has 0 atom stereocenters. The average Bonchev–Trinajstić information content (AvgIpc) is 2.73. The van der Waals surface area contributed by atoms with E-state index in [1.165, 1.54) is 0 Å². The van der Waals surface area contributed by atoms with Gasteiger partial charge in [0.2, 0.25) is 0 Å². The Labute approximate surface area is 114 Å². The standard InChI is InChI=1S/C13H9Cl2N3/c14-9-3-1-8(2-4-9)12-7-18-6-11(16)10(15)5-13(18)17-12/h1-7H,16H2. The van der Waals surface area contributed by atoms with Crippen LogP contribution < -0.4 is 5.73 Å². The third kappa shape index (κ3) is 1.92. The lowest BCUT2D eigenvalue weighted by Gasteiger charge is -1.97. The van der Waals surface area contributed by atoms with Crippen molar-refractivity contribution in [2.24, 2.45) is 0 Å². The zero-order chi connectivity index (χ0) is 12.7. The number of nitrogens with two attached hydrogens (primary N) is 1. The van der Waals surface area contributed by atoms with Crippen LogP contribution >= 0.6 is 23.2 Å². The minimum absolute atomic E-state index is 0.510. The van der Waals surface area contributed by atoms with Crippen LogP contribution in [0.3, 0.4) is 0 Å². The maximum absolute atomic E-state index is 5.97. The molecule has 0 saturated carbocycles. The first kappa shape index (κ1) is 11.4. The highest BCUT2D eigenvalue weighted by atomic mass is 35.5. The van der Waals surface area contributed by atoms with E-state index in [0.29, 0.717) is 15.7 Å². The number of hydrogen-bond donors (Lipinski definition) is 1. The first-order valence-corrected chi connectivity index (χ1v) is 6.09. The molecule has 0 aliphatic rings. The molecule has 0 aliphatic carbocycles. The molecule has 3 nitrogen and oxygen atoms in total. The molecule has 0 fully saturated rings. The number of hydrogen-bond acceptors (Lipinski definition) is 2. The second-order valence-corrected chi connectivity index (χ2v) is 4.82. The topological polar surface area (TPSA) is 43.3 Å². The van der Waals surface area contributed by atoms with Crippen molar-refractivity contribution in [3.8, 4) is 11.3 Å². The van der Waals surface area contributed by atoms with Crippen molar-refractivity contribution in [1.82, 2.24) is 9.38 Å². The van der Waals surface area contributed by atoms with E-state index in [-0.39, 0.29) is 0 Å². The van der Waals surface area contributed by atoms with E-state index in [1.807, 2.05) is 34.9 Å². The minimum atomic E-state index is 0.510. The fourth-order valence-corrected chi connectivity index (χ4v) is 2.06. The molecule has 2 aromatic heterocycles.